The topological polar surface area (TPSA) is 93.1 Å². The van der Waals surface area contributed by atoms with Gasteiger partial charge in [0.2, 0.25) is 0 Å². The zero-order chi connectivity index (χ0) is 28.2. The van der Waals surface area contributed by atoms with Crippen molar-refractivity contribution in [3.8, 4) is 0 Å². The van der Waals surface area contributed by atoms with Crippen molar-refractivity contribution in [2.45, 2.75) is 137 Å². The number of hydrogen-bond donors (Lipinski definition) is 2. The minimum atomic E-state index is -1.47. The number of rotatable bonds is 7. The van der Waals surface area contributed by atoms with Crippen molar-refractivity contribution in [2.24, 2.45) is 52.3 Å². The fourth-order valence-electron chi connectivity index (χ4n) is 9.91. The summed E-state index contributed by atoms with van der Waals surface area (Å²) in [4.78, 5) is 24.1. The predicted octanol–water partition coefficient (Wildman–Crippen LogP) is 5.91. The van der Waals surface area contributed by atoms with Crippen LogP contribution in [-0.4, -0.2) is 46.1 Å². The van der Waals surface area contributed by atoms with Gasteiger partial charge in [-0.05, 0) is 79.4 Å². The minimum Gasteiger partial charge on any atom is -0.462 e. The fraction of sp³-hybridized carbons (Fsp3) is 0.938. The minimum absolute atomic E-state index is 0.0231. The van der Waals surface area contributed by atoms with Crippen molar-refractivity contribution in [1.82, 2.24) is 0 Å². The molecule has 6 nitrogen and oxygen atoms in total. The lowest BCUT2D eigenvalue weighted by Crippen LogP contribution is -2.74. The van der Waals surface area contributed by atoms with Gasteiger partial charge in [-0.3, -0.25) is 9.59 Å². The summed E-state index contributed by atoms with van der Waals surface area (Å²) < 4.78 is 11.5. The van der Waals surface area contributed by atoms with E-state index in [2.05, 4.69) is 41.5 Å². The van der Waals surface area contributed by atoms with E-state index in [1.54, 1.807) is 0 Å². The Morgan fingerprint density at radius 3 is 2.16 bits per heavy atom. The first-order valence-corrected chi connectivity index (χ1v) is 15.4. The average Bonchev–Trinajstić information content (AvgIpc) is 3.18. The third-order valence-corrected chi connectivity index (χ3v) is 12.5. The molecule has 0 radical (unpaired) electrons. The SMILES string of the molecule is CC(=O)O[C@H]1CC[C@]2(C)[C@H]3CC[C@]4(C)[C@@H]([C@H](C)CC[C@H](C)C(C)C)CC[C@H]4[C@@H]3[C@@H](OC(C)=O)[C@@H](O)[C@@]2(O)C1. The Hall–Kier alpha value is -1.14. The molecular weight excluding hydrogens is 480 g/mol. The van der Waals surface area contributed by atoms with Gasteiger partial charge in [-0.2, -0.15) is 0 Å². The molecule has 6 heteroatoms. The molecule has 0 aromatic heterocycles. The highest BCUT2D eigenvalue weighted by atomic mass is 16.6. The summed E-state index contributed by atoms with van der Waals surface area (Å²) in [6, 6.07) is 0. The number of carbonyl (C=O) groups excluding carboxylic acids is 2. The Balaban J connectivity index is 1.64. The van der Waals surface area contributed by atoms with E-state index in [4.69, 9.17) is 9.47 Å². The van der Waals surface area contributed by atoms with Gasteiger partial charge in [0.15, 0.2) is 0 Å². The van der Waals surface area contributed by atoms with Crippen LogP contribution in [0.5, 0.6) is 0 Å². The molecule has 0 aromatic rings. The summed E-state index contributed by atoms with van der Waals surface area (Å²) in [5, 5.41) is 24.0. The maximum Gasteiger partial charge on any atom is 0.303 e. The third-order valence-electron chi connectivity index (χ3n) is 12.5. The van der Waals surface area contributed by atoms with Crippen molar-refractivity contribution >= 4 is 11.9 Å². The van der Waals surface area contributed by atoms with Gasteiger partial charge in [0, 0.05) is 31.6 Å². The molecule has 0 aliphatic heterocycles. The summed E-state index contributed by atoms with van der Waals surface area (Å²) in [6.45, 7) is 16.8. The smallest absolute Gasteiger partial charge is 0.303 e. The zero-order valence-electron chi connectivity index (χ0n) is 25.2. The first-order valence-electron chi connectivity index (χ1n) is 15.4. The van der Waals surface area contributed by atoms with Gasteiger partial charge in [-0.1, -0.05) is 54.4 Å². The maximum atomic E-state index is 12.4. The van der Waals surface area contributed by atoms with Crippen molar-refractivity contribution < 1.29 is 29.3 Å². The van der Waals surface area contributed by atoms with Crippen LogP contribution in [0.25, 0.3) is 0 Å². The van der Waals surface area contributed by atoms with Crippen LogP contribution in [0.1, 0.15) is 113 Å². The largest absolute Gasteiger partial charge is 0.462 e. The molecule has 0 saturated heterocycles. The van der Waals surface area contributed by atoms with Gasteiger partial charge < -0.3 is 19.7 Å². The highest BCUT2D eigenvalue weighted by Gasteiger charge is 2.71. The molecule has 0 unspecified atom stereocenters. The Morgan fingerprint density at radius 1 is 0.895 bits per heavy atom. The van der Waals surface area contributed by atoms with E-state index in [0.717, 1.165) is 25.2 Å². The van der Waals surface area contributed by atoms with Crippen LogP contribution in [0.4, 0.5) is 0 Å². The lowest BCUT2D eigenvalue weighted by molar-refractivity contribution is -0.300. The molecule has 0 heterocycles. The molecule has 4 saturated carbocycles. The molecule has 4 rings (SSSR count). The number of esters is 2. The number of aliphatic hydroxyl groups is 2. The van der Waals surface area contributed by atoms with E-state index in [1.807, 2.05) is 0 Å². The van der Waals surface area contributed by atoms with Gasteiger partial charge in [-0.15, -0.1) is 0 Å². The third kappa shape index (κ3) is 4.84. The molecule has 4 aliphatic rings. The van der Waals surface area contributed by atoms with E-state index in [9.17, 15) is 19.8 Å². The summed E-state index contributed by atoms with van der Waals surface area (Å²) in [5.41, 5.74) is -1.86. The van der Waals surface area contributed by atoms with Crippen LogP contribution in [0.3, 0.4) is 0 Å². The zero-order valence-corrected chi connectivity index (χ0v) is 25.2. The molecule has 4 aliphatic carbocycles. The number of ether oxygens (including phenoxy) is 2. The van der Waals surface area contributed by atoms with Gasteiger partial charge >= 0.3 is 11.9 Å². The molecule has 38 heavy (non-hydrogen) atoms. The second-order valence-corrected chi connectivity index (χ2v) is 14.6. The quantitative estimate of drug-likeness (QED) is 0.394. The highest BCUT2D eigenvalue weighted by molar-refractivity contribution is 5.66. The molecule has 2 N–H and O–H groups in total. The second kappa shape index (κ2) is 10.7. The monoisotopic (exact) mass is 534 g/mol. The molecule has 0 amide bonds. The molecule has 12 atom stereocenters. The maximum absolute atomic E-state index is 12.4. The fourth-order valence-corrected chi connectivity index (χ4v) is 9.91. The van der Waals surface area contributed by atoms with Crippen molar-refractivity contribution in [3.05, 3.63) is 0 Å². The predicted molar refractivity (Wildman–Crippen MR) is 147 cm³/mol. The summed E-state index contributed by atoms with van der Waals surface area (Å²) in [6.07, 6.45) is 5.99. The molecule has 218 valence electrons. The normalized spacial score (nSPS) is 45.9. The molecule has 4 fully saturated rings. The van der Waals surface area contributed by atoms with Crippen molar-refractivity contribution in [3.63, 3.8) is 0 Å². The highest BCUT2D eigenvalue weighted by Crippen LogP contribution is 2.69. The van der Waals surface area contributed by atoms with Gasteiger partial charge in [-0.25, -0.2) is 0 Å². The van der Waals surface area contributed by atoms with Crippen LogP contribution in [0, 0.1) is 52.3 Å². The van der Waals surface area contributed by atoms with Crippen LogP contribution in [0.2, 0.25) is 0 Å². The number of aliphatic hydroxyl groups excluding tert-OH is 1. The Kier molecular flexibility index (Phi) is 8.39. The van der Waals surface area contributed by atoms with Gasteiger partial charge in [0.25, 0.3) is 0 Å². The van der Waals surface area contributed by atoms with Crippen LogP contribution in [-0.2, 0) is 19.1 Å². The van der Waals surface area contributed by atoms with Crippen LogP contribution >= 0.6 is 0 Å². The summed E-state index contributed by atoms with van der Waals surface area (Å²) >= 11 is 0. The average molecular weight is 535 g/mol. The first kappa shape index (κ1) is 29.8. The lowest BCUT2D eigenvalue weighted by atomic mass is 9.41. The van der Waals surface area contributed by atoms with Crippen molar-refractivity contribution in [2.75, 3.05) is 0 Å². The van der Waals surface area contributed by atoms with Crippen LogP contribution < -0.4 is 0 Å². The number of carbonyl (C=O) groups is 2. The Labute approximate surface area is 230 Å². The summed E-state index contributed by atoms with van der Waals surface area (Å²) in [5.74, 6) is 2.42. The molecule has 0 bridgehead atoms. The lowest BCUT2D eigenvalue weighted by Gasteiger charge is -2.67. The Bertz CT molecular complexity index is 887. The molecular formula is C32H54O6. The van der Waals surface area contributed by atoms with Crippen LogP contribution in [0.15, 0.2) is 0 Å². The second-order valence-electron chi connectivity index (χ2n) is 14.6. The van der Waals surface area contributed by atoms with E-state index in [1.165, 1.54) is 33.1 Å². The van der Waals surface area contributed by atoms with E-state index in [-0.39, 0.29) is 29.6 Å². The number of fused-ring (bicyclic) bond motifs is 5. The molecule has 0 aromatic carbocycles. The van der Waals surface area contributed by atoms with Gasteiger partial charge in [0.05, 0.1) is 0 Å². The number of hydrogen-bond acceptors (Lipinski definition) is 6. The standard InChI is InChI=1S/C32H54O6/c1-18(2)19(3)9-10-20(4)24-11-12-25-27-26(14-15-30(24,25)7)31(8)16-13-23(37-21(5)33)17-32(31,36)29(35)28(27)38-22(6)34/h18-20,23-29,35-36H,9-17H2,1-8H3/t19-,20+,23-,24+,25-,26-,27-,28+,29+,30+,31+,32-/m0/s1. The first-order chi connectivity index (χ1) is 17.7. The summed E-state index contributed by atoms with van der Waals surface area (Å²) in [7, 11) is 0. The van der Waals surface area contributed by atoms with E-state index >= 15 is 0 Å². The molecule has 0 spiro atoms. The van der Waals surface area contributed by atoms with Crippen molar-refractivity contribution in [1.29, 1.82) is 0 Å². The van der Waals surface area contributed by atoms with E-state index in [0.29, 0.717) is 36.5 Å². The Morgan fingerprint density at radius 2 is 1.55 bits per heavy atom. The van der Waals surface area contributed by atoms with E-state index < -0.39 is 35.3 Å². The van der Waals surface area contributed by atoms with Gasteiger partial charge in [0.1, 0.15) is 23.9 Å².